The van der Waals surface area contributed by atoms with Gasteiger partial charge in [-0.15, -0.1) is 6.42 Å². The fourth-order valence-corrected chi connectivity index (χ4v) is 0.204. The zero-order chi connectivity index (χ0) is 16.3. The summed E-state index contributed by atoms with van der Waals surface area (Å²) in [5.41, 5.74) is 0. The first-order chi connectivity index (χ1) is 8.00. The van der Waals surface area contributed by atoms with E-state index in [1.54, 1.807) is 0 Å². The summed E-state index contributed by atoms with van der Waals surface area (Å²) in [5, 5.41) is 0. The Bertz CT molecular complexity index is 144. The first-order valence-corrected chi connectivity index (χ1v) is 4.44. The van der Waals surface area contributed by atoms with Crippen molar-refractivity contribution in [2.45, 2.75) is 19.3 Å². The summed E-state index contributed by atoms with van der Waals surface area (Å²) in [6.45, 7) is 0. The Hall–Kier alpha value is 0.991. The van der Waals surface area contributed by atoms with Crippen molar-refractivity contribution in [3.05, 3.63) is 6.42 Å². The third kappa shape index (κ3) is 247. The quantitative estimate of drug-likeness (QED) is 0.356. The molecule has 1 aliphatic rings. The van der Waals surface area contributed by atoms with Crippen LogP contribution >= 0.6 is 0 Å². The van der Waals surface area contributed by atoms with Gasteiger partial charge >= 0.3 is 73.1 Å². The first-order valence-electron chi connectivity index (χ1n) is 4.44. The van der Waals surface area contributed by atoms with Crippen LogP contribution in [-0.4, -0.2) is 21.8 Å². The van der Waals surface area contributed by atoms with Crippen molar-refractivity contribution < 1.29 is 103 Å². The van der Waals surface area contributed by atoms with Crippen LogP contribution in [0, 0.1) is 6.42 Å². The summed E-state index contributed by atoms with van der Waals surface area (Å²) in [5.74, 6) is 0. The Labute approximate surface area is 149 Å². The van der Waals surface area contributed by atoms with Gasteiger partial charge in [0.05, 0.1) is 0 Å². The van der Waals surface area contributed by atoms with E-state index in [2.05, 4.69) is 6.42 Å². The summed E-state index contributed by atoms with van der Waals surface area (Å²) >= 11 is 0. The first kappa shape index (κ1) is 29.1. The van der Waals surface area contributed by atoms with Gasteiger partial charge in [-0.2, -0.15) is 12.8 Å². The van der Waals surface area contributed by atoms with Crippen molar-refractivity contribution in [2.75, 3.05) is 0 Å². The standard InChI is InChI=1S/C4H7.3BF4.K/c1-2-4-3-1;3*2-1(3,4)5;/h1H,2-4H2;;;;/q4*-1;+1. The number of rotatable bonds is 0. The summed E-state index contributed by atoms with van der Waals surface area (Å²) in [4.78, 5) is 0. The molecule has 120 valence electrons. The van der Waals surface area contributed by atoms with E-state index in [-0.39, 0.29) is 51.4 Å². The van der Waals surface area contributed by atoms with E-state index in [1.165, 1.54) is 19.3 Å². The van der Waals surface area contributed by atoms with E-state index in [4.69, 9.17) is 0 Å². The van der Waals surface area contributed by atoms with E-state index in [1.807, 2.05) is 0 Å². The Balaban J connectivity index is -0.0000000840. The van der Waals surface area contributed by atoms with Gasteiger partial charge in [0, 0.05) is 0 Å². The second-order valence-corrected chi connectivity index (χ2v) is 2.70. The molecule has 0 amide bonds. The molecule has 1 fully saturated rings. The van der Waals surface area contributed by atoms with Crippen molar-refractivity contribution in [3.63, 3.8) is 0 Å². The molecule has 0 heterocycles. The summed E-state index contributed by atoms with van der Waals surface area (Å²) in [6.07, 6.45) is 6.50. The van der Waals surface area contributed by atoms with Crippen molar-refractivity contribution in [1.29, 1.82) is 0 Å². The van der Waals surface area contributed by atoms with Gasteiger partial charge in [-0.3, -0.25) is 0 Å². The molecule has 0 aromatic heterocycles. The second kappa shape index (κ2) is 13.6. The van der Waals surface area contributed by atoms with Crippen LogP contribution in [0.1, 0.15) is 19.3 Å². The van der Waals surface area contributed by atoms with Gasteiger partial charge < -0.3 is 58.2 Å². The smallest absolute Gasteiger partial charge is 0.418 e. The predicted molar refractivity (Wildman–Crippen MR) is 48.7 cm³/mol. The van der Waals surface area contributed by atoms with Gasteiger partial charge in [-0.1, -0.05) is 0 Å². The van der Waals surface area contributed by atoms with E-state index in [0.717, 1.165) is 0 Å². The topological polar surface area (TPSA) is 0 Å². The van der Waals surface area contributed by atoms with Crippen molar-refractivity contribution in [2.24, 2.45) is 0 Å². The van der Waals surface area contributed by atoms with Crippen molar-refractivity contribution >= 4 is 21.8 Å². The van der Waals surface area contributed by atoms with Crippen molar-refractivity contribution in [3.8, 4) is 0 Å². The molecule has 0 aromatic rings. The maximum Gasteiger partial charge on any atom is 1.00 e. The Morgan fingerprint density at radius 1 is 0.500 bits per heavy atom. The van der Waals surface area contributed by atoms with Crippen LogP contribution in [0.4, 0.5) is 51.8 Å². The van der Waals surface area contributed by atoms with Gasteiger partial charge in [0.1, 0.15) is 0 Å². The minimum atomic E-state index is -6.00. The van der Waals surface area contributed by atoms with Crippen LogP contribution in [0.15, 0.2) is 0 Å². The van der Waals surface area contributed by atoms with Gasteiger partial charge in [0.15, 0.2) is 0 Å². The van der Waals surface area contributed by atoms with Gasteiger partial charge in [-0.05, 0) is 0 Å². The molecule has 20 heavy (non-hydrogen) atoms. The van der Waals surface area contributed by atoms with E-state index in [0.29, 0.717) is 0 Å². The van der Waals surface area contributed by atoms with Crippen LogP contribution in [-0.2, 0) is 0 Å². The van der Waals surface area contributed by atoms with Gasteiger partial charge in [0.2, 0.25) is 0 Å². The van der Waals surface area contributed by atoms with E-state index >= 15 is 0 Å². The molecule has 0 unspecified atom stereocenters. The van der Waals surface area contributed by atoms with Crippen LogP contribution in [0.25, 0.3) is 0 Å². The van der Waals surface area contributed by atoms with Crippen LogP contribution in [0.2, 0.25) is 0 Å². The maximum absolute atomic E-state index is 9.75. The molecule has 0 saturated heterocycles. The minimum Gasteiger partial charge on any atom is -0.418 e. The fraction of sp³-hybridized carbons (Fsp3) is 0.750. The fourth-order valence-electron chi connectivity index (χ4n) is 0.204. The largest absolute Gasteiger partial charge is 1.00 e. The minimum absolute atomic E-state index is 0. The van der Waals surface area contributed by atoms with E-state index in [9.17, 15) is 51.8 Å². The number of hydrogen-bond acceptors (Lipinski definition) is 0. The molecule has 1 rings (SSSR count). The summed E-state index contributed by atoms with van der Waals surface area (Å²) < 4.78 is 117. The molecule has 0 aromatic carbocycles. The molecular weight excluding hydrogens is 348 g/mol. The molecule has 0 nitrogen and oxygen atoms in total. The van der Waals surface area contributed by atoms with Crippen LogP contribution in [0.5, 0.6) is 0 Å². The third-order valence-corrected chi connectivity index (χ3v) is 0.816. The molecular formula is C4H7B3F12K-3. The zero-order valence-electron chi connectivity index (χ0n) is 9.97. The molecule has 0 spiro atoms. The Kier molecular flexibility index (Phi) is 19.8. The SMILES string of the molecule is F[B-](F)(F)F.F[B-](F)(F)F.F[B-](F)(F)F.[CH-]1CCC1.[K+]. The summed E-state index contributed by atoms with van der Waals surface area (Å²) in [7, 11) is -18.0. The van der Waals surface area contributed by atoms with Crippen LogP contribution < -0.4 is 51.4 Å². The van der Waals surface area contributed by atoms with Gasteiger partial charge in [0.25, 0.3) is 0 Å². The molecule has 1 saturated carbocycles. The maximum atomic E-state index is 9.75. The van der Waals surface area contributed by atoms with Gasteiger partial charge in [-0.25, -0.2) is 0 Å². The third-order valence-electron chi connectivity index (χ3n) is 0.816. The Morgan fingerprint density at radius 2 is 0.550 bits per heavy atom. The van der Waals surface area contributed by atoms with Crippen molar-refractivity contribution in [1.82, 2.24) is 0 Å². The molecule has 0 radical (unpaired) electrons. The molecule has 0 N–H and O–H groups in total. The average molecular weight is 355 g/mol. The van der Waals surface area contributed by atoms with Crippen LogP contribution in [0.3, 0.4) is 0 Å². The van der Waals surface area contributed by atoms with E-state index < -0.39 is 21.8 Å². The molecule has 16 heteroatoms. The molecule has 0 bridgehead atoms. The zero-order valence-corrected chi connectivity index (χ0v) is 13.1. The molecule has 0 atom stereocenters. The Morgan fingerprint density at radius 3 is 0.550 bits per heavy atom. The average Bonchev–Trinajstić information content (AvgIpc) is 1.62. The monoisotopic (exact) mass is 355 g/mol. The second-order valence-electron chi connectivity index (χ2n) is 2.70. The normalized spacial score (nSPS) is 13.8. The number of hydrogen-bond donors (Lipinski definition) is 0. The molecule has 1 aliphatic carbocycles. The predicted octanol–water partition coefficient (Wildman–Crippen LogP) is 2.28. The summed E-state index contributed by atoms with van der Waals surface area (Å²) in [6, 6.07) is 0. The molecule has 0 aliphatic heterocycles. The number of halogens is 12.